The molecule has 2 N–H and O–H groups in total. The summed E-state index contributed by atoms with van der Waals surface area (Å²) in [5.41, 5.74) is 0. The molecule has 0 aromatic heterocycles. The number of aliphatic hydroxyl groups excluding tert-OH is 1. The molecule has 0 radical (unpaired) electrons. The van der Waals surface area contributed by atoms with Crippen LogP contribution in [-0.2, 0) is 18.4 Å². The normalized spacial score (nSPS) is 14.5. The first-order chi connectivity index (χ1) is 36.0. The van der Waals surface area contributed by atoms with Crippen LogP contribution in [0.25, 0.3) is 0 Å². The van der Waals surface area contributed by atoms with Gasteiger partial charge in [0.25, 0.3) is 7.82 Å². The summed E-state index contributed by atoms with van der Waals surface area (Å²) in [6.07, 6.45) is 79.3. The number of hydrogen-bond acceptors (Lipinski definition) is 6. The minimum Gasteiger partial charge on any atom is -0.756 e. The van der Waals surface area contributed by atoms with Gasteiger partial charge in [0.2, 0.25) is 5.91 Å². The summed E-state index contributed by atoms with van der Waals surface area (Å²) < 4.78 is 23.3. The second-order valence-corrected chi connectivity index (χ2v) is 23.1. The first-order valence-corrected chi connectivity index (χ1v) is 32.1. The van der Waals surface area contributed by atoms with Crippen LogP contribution in [0.5, 0.6) is 0 Å². The summed E-state index contributed by atoms with van der Waals surface area (Å²) in [6, 6.07) is -0.889. The number of phosphoric acid groups is 1. The van der Waals surface area contributed by atoms with Crippen LogP contribution in [0.1, 0.15) is 258 Å². The standard InChI is InChI=1S/C65H117N2O6P/c1-6-8-10-12-14-16-18-20-21-22-23-24-25-26-27-28-29-30-31-32-33-34-35-36-37-38-39-40-41-42-43-44-45-47-49-51-53-55-57-59-65(69)66-63(62-73-74(70,71)72-61-60-67(3,4)5)64(68)58-56-54-52-50-48-46-19-17-15-13-11-9-7-2/h8,10,14,16,20-21,23-24,26-27,29-30,32-33,56,58,63-64,68H,6-7,9,11-13,15,17-19,22,25,28,31,34-55,57,59-62H2,1-5H3,(H-,66,69,70,71)/b10-8-,16-14-,21-20-,24-23-,27-26-,30-29-,33-32-,58-56+. The van der Waals surface area contributed by atoms with Crippen molar-refractivity contribution in [3.8, 4) is 0 Å². The van der Waals surface area contributed by atoms with E-state index in [2.05, 4.69) is 104 Å². The lowest BCUT2D eigenvalue weighted by atomic mass is 10.0. The van der Waals surface area contributed by atoms with Gasteiger partial charge in [0.1, 0.15) is 13.2 Å². The van der Waals surface area contributed by atoms with Gasteiger partial charge in [-0.1, -0.05) is 272 Å². The summed E-state index contributed by atoms with van der Waals surface area (Å²) in [6.45, 7) is 4.53. The van der Waals surface area contributed by atoms with Gasteiger partial charge in [-0.25, -0.2) is 0 Å². The van der Waals surface area contributed by atoms with E-state index in [1.54, 1.807) is 6.08 Å². The first-order valence-electron chi connectivity index (χ1n) is 30.6. The molecular weight excluding hydrogens is 936 g/mol. The summed E-state index contributed by atoms with van der Waals surface area (Å²) in [5, 5.41) is 13.9. The third-order valence-corrected chi connectivity index (χ3v) is 14.3. The van der Waals surface area contributed by atoms with E-state index in [1.807, 2.05) is 27.2 Å². The van der Waals surface area contributed by atoms with E-state index in [4.69, 9.17) is 9.05 Å². The largest absolute Gasteiger partial charge is 0.756 e. The van der Waals surface area contributed by atoms with Gasteiger partial charge in [0.15, 0.2) is 0 Å². The van der Waals surface area contributed by atoms with Crippen LogP contribution in [0.15, 0.2) is 97.2 Å². The summed E-state index contributed by atoms with van der Waals surface area (Å²) in [4.78, 5) is 25.5. The van der Waals surface area contributed by atoms with E-state index in [9.17, 15) is 19.4 Å². The molecule has 0 aromatic carbocycles. The van der Waals surface area contributed by atoms with Crippen molar-refractivity contribution in [3.05, 3.63) is 97.2 Å². The molecule has 0 saturated heterocycles. The highest BCUT2D eigenvalue weighted by Crippen LogP contribution is 2.38. The Morgan fingerprint density at radius 3 is 1.20 bits per heavy atom. The predicted octanol–water partition coefficient (Wildman–Crippen LogP) is 18.4. The molecule has 0 aromatic rings. The maximum Gasteiger partial charge on any atom is 0.268 e. The molecule has 9 heteroatoms. The minimum atomic E-state index is -4.60. The van der Waals surface area contributed by atoms with Gasteiger partial charge >= 0.3 is 0 Å². The molecule has 0 aliphatic heterocycles. The molecule has 0 spiro atoms. The van der Waals surface area contributed by atoms with Crippen LogP contribution in [0.2, 0.25) is 0 Å². The van der Waals surface area contributed by atoms with Gasteiger partial charge in [-0.05, 0) is 77.0 Å². The van der Waals surface area contributed by atoms with E-state index in [0.717, 1.165) is 83.5 Å². The molecule has 0 fully saturated rings. The Kier molecular flexibility index (Phi) is 53.3. The Morgan fingerprint density at radius 2 is 0.824 bits per heavy atom. The molecule has 0 aliphatic carbocycles. The van der Waals surface area contributed by atoms with Crippen LogP contribution in [0, 0.1) is 0 Å². The number of unbranched alkanes of at least 4 members (excludes halogenated alkanes) is 28. The summed E-state index contributed by atoms with van der Waals surface area (Å²) >= 11 is 0. The predicted molar refractivity (Wildman–Crippen MR) is 320 cm³/mol. The maximum atomic E-state index is 13.0. The Hall–Kier alpha value is -2.58. The molecule has 0 aliphatic rings. The Bertz CT molecular complexity index is 1520. The van der Waals surface area contributed by atoms with Crippen LogP contribution in [0.4, 0.5) is 0 Å². The number of carbonyl (C=O) groups is 1. The Labute approximate surface area is 458 Å². The van der Waals surface area contributed by atoms with Crippen LogP contribution < -0.4 is 10.2 Å². The molecule has 3 atom stereocenters. The zero-order chi connectivity index (χ0) is 54.2. The first kappa shape index (κ1) is 71.4. The topological polar surface area (TPSA) is 108 Å². The van der Waals surface area contributed by atoms with Crippen molar-refractivity contribution >= 4 is 13.7 Å². The van der Waals surface area contributed by atoms with Crippen LogP contribution in [-0.4, -0.2) is 68.5 Å². The number of allylic oxidation sites excluding steroid dienone is 15. The number of nitrogens with zero attached hydrogens (tertiary/aromatic N) is 1. The fourth-order valence-electron chi connectivity index (χ4n) is 8.55. The van der Waals surface area contributed by atoms with Gasteiger partial charge < -0.3 is 28.8 Å². The molecule has 0 bridgehead atoms. The molecule has 0 saturated carbocycles. The number of likely N-dealkylation sites (N-methyl/N-ethyl adjacent to an activating group) is 1. The van der Waals surface area contributed by atoms with Gasteiger partial charge in [0, 0.05) is 6.42 Å². The van der Waals surface area contributed by atoms with E-state index in [1.165, 1.54) is 154 Å². The smallest absolute Gasteiger partial charge is 0.268 e. The van der Waals surface area contributed by atoms with Gasteiger partial charge in [-0.15, -0.1) is 0 Å². The van der Waals surface area contributed by atoms with Crippen molar-refractivity contribution < 1.29 is 32.9 Å². The van der Waals surface area contributed by atoms with E-state index >= 15 is 0 Å². The van der Waals surface area contributed by atoms with E-state index in [-0.39, 0.29) is 19.1 Å². The molecule has 0 rings (SSSR count). The number of nitrogens with one attached hydrogen (secondary N) is 1. The summed E-state index contributed by atoms with van der Waals surface area (Å²) in [7, 11) is 1.26. The van der Waals surface area contributed by atoms with Crippen molar-refractivity contribution in [2.75, 3.05) is 40.9 Å². The third kappa shape index (κ3) is 57.1. The van der Waals surface area contributed by atoms with Crippen molar-refractivity contribution in [1.29, 1.82) is 0 Å². The molecule has 428 valence electrons. The number of hydrogen-bond donors (Lipinski definition) is 2. The molecule has 8 nitrogen and oxygen atoms in total. The molecule has 0 heterocycles. The quantitative estimate of drug-likeness (QED) is 0.0272. The van der Waals surface area contributed by atoms with Crippen LogP contribution in [0.3, 0.4) is 0 Å². The summed E-state index contributed by atoms with van der Waals surface area (Å²) in [5.74, 6) is -0.199. The zero-order valence-electron chi connectivity index (χ0n) is 48.8. The highest BCUT2D eigenvalue weighted by molar-refractivity contribution is 7.45. The highest BCUT2D eigenvalue weighted by atomic mass is 31.2. The van der Waals surface area contributed by atoms with Gasteiger partial charge in [-0.3, -0.25) is 9.36 Å². The highest BCUT2D eigenvalue weighted by Gasteiger charge is 2.23. The fraction of sp³-hybridized carbons (Fsp3) is 0.738. The third-order valence-electron chi connectivity index (χ3n) is 13.3. The average Bonchev–Trinajstić information content (AvgIpc) is 3.36. The van der Waals surface area contributed by atoms with E-state index < -0.39 is 20.0 Å². The molecular formula is C65H117N2O6P. The number of aliphatic hydroxyl groups is 1. The number of rotatable bonds is 55. The van der Waals surface area contributed by atoms with Crippen molar-refractivity contribution in [2.45, 2.75) is 270 Å². The zero-order valence-corrected chi connectivity index (χ0v) is 49.7. The van der Waals surface area contributed by atoms with Crippen LogP contribution >= 0.6 is 7.82 Å². The lowest BCUT2D eigenvalue weighted by Crippen LogP contribution is -2.45. The number of amides is 1. The molecule has 1 amide bonds. The minimum absolute atomic E-state index is 0.00291. The van der Waals surface area contributed by atoms with Gasteiger partial charge in [-0.2, -0.15) is 0 Å². The number of quaternary nitrogens is 1. The van der Waals surface area contributed by atoms with Crippen molar-refractivity contribution in [2.24, 2.45) is 0 Å². The number of phosphoric ester groups is 1. The Morgan fingerprint density at radius 1 is 0.486 bits per heavy atom. The van der Waals surface area contributed by atoms with Crippen molar-refractivity contribution in [3.63, 3.8) is 0 Å². The fourth-order valence-corrected chi connectivity index (χ4v) is 9.27. The van der Waals surface area contributed by atoms with E-state index in [0.29, 0.717) is 17.4 Å². The maximum absolute atomic E-state index is 13.0. The average molecular weight is 1050 g/mol. The molecule has 3 unspecified atom stereocenters. The molecule has 74 heavy (non-hydrogen) atoms. The van der Waals surface area contributed by atoms with Gasteiger partial charge in [0.05, 0.1) is 39.9 Å². The lowest BCUT2D eigenvalue weighted by molar-refractivity contribution is -0.870. The Balaban J connectivity index is 3.98. The monoisotopic (exact) mass is 1050 g/mol. The second-order valence-electron chi connectivity index (χ2n) is 21.7. The number of carbonyl (C=O) groups excluding carboxylic acids is 1. The SMILES string of the molecule is CC/C=C\C/C=C\C/C=C\C/C=C\C/C=C\C/C=C\C/C=C\CCCCCCCCCCCCCCCCCCCC(=O)NC(COP(=O)([O-])OCC[N+](C)(C)C)C(O)/C=C/CCCCCCCCCCCCC. The lowest BCUT2D eigenvalue weighted by Gasteiger charge is -2.29. The second kappa shape index (κ2) is 55.2. The van der Waals surface area contributed by atoms with Crippen molar-refractivity contribution in [1.82, 2.24) is 5.32 Å².